The monoisotopic (exact) mass is 531 g/mol. The Morgan fingerprint density at radius 1 is 1.22 bits per heavy atom. The molecule has 0 spiro atoms. The number of hydrogen-bond donors (Lipinski definition) is 1. The standard InChI is InChI=1S/C25H24ClF2N5O4/c1-25(27,28)14-37-21-11-20-19(10-17(21)26)29-22(30-20)12-18-15-4-2-3-5-16(15)24(35)33(31-18)13-23(34)32-6-8-36-9-7-32/h2-5,10-11H,6-9,12-14H2,1H3,(H,29,30). The van der Waals surface area contributed by atoms with Crippen LogP contribution in [0.1, 0.15) is 18.4 Å². The number of benzene rings is 2. The van der Waals surface area contributed by atoms with Crippen molar-refractivity contribution in [3.63, 3.8) is 0 Å². The van der Waals surface area contributed by atoms with E-state index in [1.807, 2.05) is 6.07 Å². The SMILES string of the molecule is CC(F)(F)COc1cc2[nH]c(Cc3nn(CC(=O)N4CCOCC4)c(=O)c4ccccc34)nc2cc1Cl. The topological polar surface area (TPSA) is 102 Å². The Labute approximate surface area is 214 Å². The molecule has 4 aromatic rings. The average Bonchev–Trinajstić information content (AvgIpc) is 3.26. The fourth-order valence-electron chi connectivity index (χ4n) is 4.21. The van der Waals surface area contributed by atoms with Crippen LogP contribution in [0, 0.1) is 0 Å². The number of H-pyrrole nitrogens is 1. The molecule has 2 aromatic carbocycles. The number of ether oxygens (including phenoxy) is 2. The molecule has 3 heterocycles. The van der Waals surface area contributed by atoms with Crippen LogP contribution in [0.15, 0.2) is 41.2 Å². The molecule has 0 saturated carbocycles. The first-order valence-corrected chi connectivity index (χ1v) is 12.1. The molecule has 0 bridgehead atoms. The zero-order valence-electron chi connectivity index (χ0n) is 20.0. The Morgan fingerprint density at radius 3 is 2.68 bits per heavy atom. The van der Waals surface area contributed by atoms with E-state index in [1.165, 1.54) is 16.8 Å². The van der Waals surface area contributed by atoms with E-state index in [-0.39, 0.29) is 35.2 Å². The van der Waals surface area contributed by atoms with E-state index >= 15 is 0 Å². The predicted molar refractivity (Wildman–Crippen MR) is 133 cm³/mol. The first-order valence-electron chi connectivity index (χ1n) is 11.7. The minimum absolute atomic E-state index is 0.115. The molecule has 0 aliphatic carbocycles. The highest BCUT2D eigenvalue weighted by atomic mass is 35.5. The van der Waals surface area contributed by atoms with E-state index in [0.29, 0.717) is 59.6 Å². The second kappa shape index (κ2) is 10.1. The summed E-state index contributed by atoms with van der Waals surface area (Å²) in [6, 6.07) is 10.1. The third-order valence-electron chi connectivity index (χ3n) is 5.99. The van der Waals surface area contributed by atoms with E-state index in [0.717, 1.165) is 6.92 Å². The van der Waals surface area contributed by atoms with Crippen LogP contribution in [0.2, 0.25) is 5.02 Å². The first kappa shape index (κ1) is 25.1. The van der Waals surface area contributed by atoms with Crippen LogP contribution < -0.4 is 10.3 Å². The van der Waals surface area contributed by atoms with Gasteiger partial charge in [-0.05, 0) is 12.1 Å². The number of aromatic amines is 1. The molecule has 0 atom stereocenters. The van der Waals surface area contributed by atoms with Crippen molar-refractivity contribution in [2.75, 3.05) is 32.9 Å². The first-order chi connectivity index (χ1) is 17.7. The maximum atomic E-state index is 13.2. The fraction of sp³-hybridized carbons (Fsp3) is 0.360. The van der Waals surface area contributed by atoms with Gasteiger partial charge in [0, 0.05) is 31.5 Å². The van der Waals surface area contributed by atoms with Crippen molar-refractivity contribution in [1.82, 2.24) is 24.6 Å². The molecule has 0 radical (unpaired) electrons. The number of halogens is 3. The summed E-state index contributed by atoms with van der Waals surface area (Å²) in [5.41, 5.74) is 1.27. The summed E-state index contributed by atoms with van der Waals surface area (Å²) in [5.74, 6) is -2.57. The summed E-state index contributed by atoms with van der Waals surface area (Å²) in [6.45, 7) is 1.63. The highest BCUT2D eigenvalue weighted by Gasteiger charge is 2.23. The summed E-state index contributed by atoms with van der Waals surface area (Å²) in [4.78, 5) is 35.3. The van der Waals surface area contributed by atoms with Gasteiger partial charge in [-0.3, -0.25) is 9.59 Å². The maximum Gasteiger partial charge on any atom is 0.278 e. The molecule has 1 aliphatic heterocycles. The number of carbonyl (C=O) groups excluding carboxylic acids is 1. The molecule has 1 fully saturated rings. The molecule has 194 valence electrons. The number of hydrogen-bond acceptors (Lipinski definition) is 6. The van der Waals surface area contributed by atoms with Gasteiger partial charge in [0.15, 0.2) is 6.61 Å². The normalized spacial score (nSPS) is 14.4. The van der Waals surface area contributed by atoms with Gasteiger partial charge in [0.05, 0.1) is 46.8 Å². The molecule has 1 N–H and O–H groups in total. The maximum absolute atomic E-state index is 13.2. The number of imidazole rings is 1. The van der Waals surface area contributed by atoms with Crippen LogP contribution in [0.3, 0.4) is 0 Å². The van der Waals surface area contributed by atoms with E-state index in [4.69, 9.17) is 21.1 Å². The van der Waals surface area contributed by atoms with Crippen molar-refractivity contribution in [2.24, 2.45) is 0 Å². The number of fused-ring (bicyclic) bond motifs is 2. The fourth-order valence-corrected chi connectivity index (χ4v) is 4.42. The molecular formula is C25H24ClF2N5O4. The zero-order chi connectivity index (χ0) is 26.2. The lowest BCUT2D eigenvalue weighted by molar-refractivity contribution is -0.136. The molecule has 12 heteroatoms. The van der Waals surface area contributed by atoms with Crippen LogP contribution in [0.25, 0.3) is 21.8 Å². The van der Waals surface area contributed by atoms with Crippen molar-refractivity contribution in [3.05, 3.63) is 63.3 Å². The van der Waals surface area contributed by atoms with Gasteiger partial charge in [-0.15, -0.1) is 0 Å². The molecular weight excluding hydrogens is 508 g/mol. The van der Waals surface area contributed by atoms with Gasteiger partial charge >= 0.3 is 0 Å². The number of nitrogens with one attached hydrogen (secondary N) is 1. The number of nitrogens with zero attached hydrogens (tertiary/aromatic N) is 4. The lowest BCUT2D eigenvalue weighted by Gasteiger charge is -2.26. The van der Waals surface area contributed by atoms with Gasteiger partial charge < -0.3 is 19.4 Å². The number of alkyl halides is 2. The van der Waals surface area contributed by atoms with Crippen molar-refractivity contribution in [3.8, 4) is 5.75 Å². The highest BCUT2D eigenvalue weighted by molar-refractivity contribution is 6.32. The molecule has 9 nitrogen and oxygen atoms in total. The van der Waals surface area contributed by atoms with Gasteiger partial charge in [-0.25, -0.2) is 18.4 Å². The summed E-state index contributed by atoms with van der Waals surface area (Å²) in [6.07, 6.45) is 0.224. The Balaban J connectivity index is 1.46. The second-order valence-corrected chi connectivity index (χ2v) is 9.37. The van der Waals surface area contributed by atoms with Crippen molar-refractivity contribution >= 4 is 39.3 Å². The number of amides is 1. The van der Waals surface area contributed by atoms with Crippen molar-refractivity contribution in [2.45, 2.75) is 25.8 Å². The van der Waals surface area contributed by atoms with Gasteiger partial charge in [0.1, 0.15) is 18.1 Å². The predicted octanol–water partition coefficient (Wildman–Crippen LogP) is 3.41. The Kier molecular flexibility index (Phi) is 6.82. The van der Waals surface area contributed by atoms with Crippen LogP contribution in [0.4, 0.5) is 8.78 Å². The van der Waals surface area contributed by atoms with Crippen LogP contribution in [0.5, 0.6) is 5.75 Å². The van der Waals surface area contributed by atoms with E-state index in [9.17, 15) is 18.4 Å². The number of carbonyl (C=O) groups is 1. The quantitative estimate of drug-likeness (QED) is 0.392. The third-order valence-corrected chi connectivity index (χ3v) is 6.29. The van der Waals surface area contributed by atoms with Crippen molar-refractivity contribution < 1.29 is 23.0 Å². The lowest BCUT2D eigenvalue weighted by atomic mass is 10.1. The average molecular weight is 532 g/mol. The molecule has 5 rings (SSSR count). The second-order valence-electron chi connectivity index (χ2n) is 8.97. The number of rotatable bonds is 7. The van der Waals surface area contributed by atoms with E-state index in [1.54, 1.807) is 23.1 Å². The highest BCUT2D eigenvalue weighted by Crippen LogP contribution is 2.30. The van der Waals surface area contributed by atoms with E-state index < -0.39 is 12.5 Å². The third kappa shape index (κ3) is 5.57. The molecule has 1 amide bonds. The van der Waals surface area contributed by atoms with Crippen LogP contribution >= 0.6 is 11.6 Å². The molecule has 1 aliphatic rings. The Bertz CT molecular complexity index is 1530. The smallest absolute Gasteiger partial charge is 0.278 e. The molecule has 2 aromatic heterocycles. The summed E-state index contributed by atoms with van der Waals surface area (Å²) in [5, 5.41) is 5.77. The largest absolute Gasteiger partial charge is 0.486 e. The minimum atomic E-state index is -3.00. The lowest BCUT2D eigenvalue weighted by Crippen LogP contribution is -2.43. The van der Waals surface area contributed by atoms with E-state index in [2.05, 4.69) is 15.1 Å². The molecule has 1 saturated heterocycles. The minimum Gasteiger partial charge on any atom is -0.486 e. The molecule has 0 unspecified atom stereocenters. The Morgan fingerprint density at radius 2 is 1.95 bits per heavy atom. The van der Waals surface area contributed by atoms with Gasteiger partial charge in [-0.2, -0.15) is 5.10 Å². The van der Waals surface area contributed by atoms with Crippen LogP contribution in [-0.2, 0) is 22.5 Å². The van der Waals surface area contributed by atoms with Crippen LogP contribution in [-0.4, -0.2) is 69.4 Å². The van der Waals surface area contributed by atoms with Gasteiger partial charge in [0.2, 0.25) is 5.91 Å². The summed E-state index contributed by atoms with van der Waals surface area (Å²) in [7, 11) is 0. The molecule has 37 heavy (non-hydrogen) atoms. The summed E-state index contributed by atoms with van der Waals surface area (Å²) >= 11 is 6.21. The Hall–Kier alpha value is -3.57. The zero-order valence-corrected chi connectivity index (χ0v) is 20.7. The van der Waals surface area contributed by atoms with Gasteiger partial charge in [-0.1, -0.05) is 29.8 Å². The van der Waals surface area contributed by atoms with Gasteiger partial charge in [0.25, 0.3) is 11.5 Å². The van der Waals surface area contributed by atoms with Crippen molar-refractivity contribution in [1.29, 1.82) is 0 Å². The number of aromatic nitrogens is 4. The number of morpholine rings is 1. The summed E-state index contributed by atoms with van der Waals surface area (Å²) < 4.78 is 38.1.